The fourth-order valence-electron chi connectivity index (χ4n) is 4.01. The Morgan fingerprint density at radius 2 is 2.09 bits per heavy atom. The third-order valence-corrected chi connectivity index (χ3v) is 5.18. The zero-order valence-electron chi connectivity index (χ0n) is 14.0. The quantitative estimate of drug-likeness (QED) is 0.806. The monoisotopic (exact) mass is 303 g/mol. The van der Waals surface area contributed by atoms with E-state index in [0.717, 1.165) is 24.5 Å². The lowest BCUT2D eigenvalue weighted by molar-refractivity contribution is -0.00334. The molecule has 1 unspecified atom stereocenters. The van der Waals surface area contributed by atoms with Gasteiger partial charge in [0.05, 0.1) is 12.7 Å². The smallest absolute Gasteiger partial charge is 0.128 e. The van der Waals surface area contributed by atoms with Crippen LogP contribution in [-0.4, -0.2) is 19.3 Å². The summed E-state index contributed by atoms with van der Waals surface area (Å²) < 4.78 is 12.1. The number of hydrogen-bond acceptors (Lipinski definition) is 3. The first-order valence-corrected chi connectivity index (χ1v) is 8.87. The predicted octanol–water partition coefficient (Wildman–Crippen LogP) is 4.61. The van der Waals surface area contributed by atoms with E-state index in [0.29, 0.717) is 6.04 Å². The molecule has 0 bridgehead atoms. The van der Waals surface area contributed by atoms with Crippen molar-refractivity contribution in [3.8, 4) is 11.5 Å². The molecule has 3 nitrogen and oxygen atoms in total. The Labute approximate surface area is 134 Å². The van der Waals surface area contributed by atoms with Gasteiger partial charge in [0.2, 0.25) is 0 Å². The minimum atomic E-state index is 0.0432. The van der Waals surface area contributed by atoms with Crippen LogP contribution >= 0.6 is 0 Å². The number of methoxy groups -OCH3 is 1. The first kappa shape index (κ1) is 15.7. The highest BCUT2D eigenvalue weighted by atomic mass is 16.5. The van der Waals surface area contributed by atoms with Crippen LogP contribution in [0.3, 0.4) is 0 Å². The molecule has 1 fully saturated rings. The fourth-order valence-corrected chi connectivity index (χ4v) is 4.01. The Hall–Kier alpha value is -1.22. The molecule has 1 aliphatic heterocycles. The fraction of sp³-hybridized carbons (Fsp3) is 0.684. The van der Waals surface area contributed by atoms with E-state index in [1.54, 1.807) is 7.11 Å². The Kier molecular flexibility index (Phi) is 4.92. The summed E-state index contributed by atoms with van der Waals surface area (Å²) in [6.45, 7) is 3.30. The van der Waals surface area contributed by atoms with Crippen molar-refractivity contribution in [1.82, 2.24) is 5.32 Å². The maximum absolute atomic E-state index is 6.52. The molecule has 3 rings (SSSR count). The molecule has 0 saturated heterocycles. The van der Waals surface area contributed by atoms with Crippen LogP contribution in [0, 0.1) is 0 Å². The van der Waals surface area contributed by atoms with E-state index >= 15 is 0 Å². The molecule has 1 heterocycles. The lowest BCUT2D eigenvalue weighted by Gasteiger charge is -2.45. The summed E-state index contributed by atoms with van der Waals surface area (Å²) in [6.07, 6.45) is 9.83. The summed E-state index contributed by atoms with van der Waals surface area (Å²) in [5.41, 5.74) is 1.26. The van der Waals surface area contributed by atoms with Crippen LogP contribution in [0.25, 0.3) is 0 Å². The van der Waals surface area contributed by atoms with Gasteiger partial charge in [0.15, 0.2) is 0 Å². The van der Waals surface area contributed by atoms with Crippen molar-refractivity contribution in [3.05, 3.63) is 23.8 Å². The van der Waals surface area contributed by atoms with E-state index in [1.165, 1.54) is 50.5 Å². The number of benzene rings is 1. The summed E-state index contributed by atoms with van der Waals surface area (Å²) in [7, 11) is 1.75. The number of ether oxygens (including phenoxy) is 2. The molecule has 0 aromatic heterocycles. The largest absolute Gasteiger partial charge is 0.496 e. The topological polar surface area (TPSA) is 30.5 Å². The van der Waals surface area contributed by atoms with Crippen molar-refractivity contribution in [2.75, 3.05) is 13.7 Å². The molecular formula is C19H29NO2. The second-order valence-corrected chi connectivity index (χ2v) is 6.78. The van der Waals surface area contributed by atoms with Gasteiger partial charge in [-0.15, -0.1) is 0 Å². The third-order valence-electron chi connectivity index (χ3n) is 5.18. The minimum Gasteiger partial charge on any atom is -0.496 e. The van der Waals surface area contributed by atoms with Gasteiger partial charge in [-0.2, -0.15) is 0 Å². The molecule has 0 radical (unpaired) electrons. The van der Waals surface area contributed by atoms with Gasteiger partial charge in [0, 0.05) is 12.5 Å². The van der Waals surface area contributed by atoms with Gasteiger partial charge >= 0.3 is 0 Å². The summed E-state index contributed by atoms with van der Waals surface area (Å²) >= 11 is 0. The van der Waals surface area contributed by atoms with Gasteiger partial charge < -0.3 is 14.8 Å². The molecule has 1 N–H and O–H groups in total. The molecule has 122 valence electrons. The van der Waals surface area contributed by atoms with Crippen LogP contribution in [0.15, 0.2) is 18.2 Å². The molecule has 1 aromatic rings. The number of unbranched alkanes of at least 4 members (excludes halogenated alkanes) is 1. The van der Waals surface area contributed by atoms with Crippen LogP contribution in [-0.2, 0) is 0 Å². The molecule has 0 amide bonds. The van der Waals surface area contributed by atoms with Crippen molar-refractivity contribution in [1.29, 1.82) is 0 Å². The summed E-state index contributed by atoms with van der Waals surface area (Å²) in [5.74, 6) is 1.98. The molecule has 22 heavy (non-hydrogen) atoms. The first-order chi connectivity index (χ1) is 10.8. The van der Waals surface area contributed by atoms with E-state index in [-0.39, 0.29) is 5.60 Å². The first-order valence-electron chi connectivity index (χ1n) is 8.87. The van der Waals surface area contributed by atoms with Crippen molar-refractivity contribution in [3.63, 3.8) is 0 Å². The van der Waals surface area contributed by atoms with Gasteiger partial charge in [-0.05, 0) is 50.8 Å². The molecule has 1 aromatic carbocycles. The van der Waals surface area contributed by atoms with E-state index < -0.39 is 0 Å². The normalized spacial score (nSPS) is 22.9. The van der Waals surface area contributed by atoms with Crippen LogP contribution in [0.5, 0.6) is 11.5 Å². The third kappa shape index (κ3) is 3.10. The number of rotatable bonds is 5. The van der Waals surface area contributed by atoms with Crippen molar-refractivity contribution >= 4 is 0 Å². The lowest BCUT2D eigenvalue weighted by atomic mass is 9.77. The average molecular weight is 303 g/mol. The molecule has 1 aliphatic carbocycles. The lowest BCUT2D eigenvalue weighted by Crippen LogP contribution is -2.45. The van der Waals surface area contributed by atoms with Crippen molar-refractivity contribution in [2.24, 2.45) is 0 Å². The molecule has 1 saturated carbocycles. The molecule has 1 atom stereocenters. The van der Waals surface area contributed by atoms with E-state index in [2.05, 4.69) is 24.4 Å². The second-order valence-electron chi connectivity index (χ2n) is 6.78. The standard InChI is InChI=1S/C19H29NO2/c1-3-4-13-20-15-14-19(11-6-5-7-12-19)22-17-10-8-9-16(21-2)18(15)17/h8-10,15,20H,3-7,11-14H2,1-2H3. The number of nitrogens with one attached hydrogen (secondary N) is 1. The maximum Gasteiger partial charge on any atom is 0.128 e. The van der Waals surface area contributed by atoms with Gasteiger partial charge in [-0.3, -0.25) is 0 Å². The molecule has 1 spiro atoms. The van der Waals surface area contributed by atoms with Crippen molar-refractivity contribution < 1.29 is 9.47 Å². The van der Waals surface area contributed by atoms with Crippen LogP contribution in [0.1, 0.15) is 69.9 Å². The highest BCUT2D eigenvalue weighted by Crippen LogP contribution is 2.48. The molecule has 2 aliphatic rings. The van der Waals surface area contributed by atoms with E-state index in [9.17, 15) is 0 Å². The zero-order valence-corrected chi connectivity index (χ0v) is 14.0. The van der Waals surface area contributed by atoms with E-state index in [1.807, 2.05) is 6.07 Å². The molecular weight excluding hydrogens is 274 g/mol. The van der Waals surface area contributed by atoms with E-state index in [4.69, 9.17) is 9.47 Å². The second kappa shape index (κ2) is 6.91. The highest BCUT2D eigenvalue weighted by molar-refractivity contribution is 5.49. The Morgan fingerprint density at radius 3 is 2.82 bits per heavy atom. The Balaban J connectivity index is 1.89. The number of fused-ring (bicyclic) bond motifs is 1. The van der Waals surface area contributed by atoms with Crippen LogP contribution in [0.4, 0.5) is 0 Å². The van der Waals surface area contributed by atoms with Crippen molar-refractivity contribution in [2.45, 2.75) is 69.9 Å². The van der Waals surface area contributed by atoms with Gasteiger partial charge in [-0.25, -0.2) is 0 Å². The summed E-state index contributed by atoms with van der Waals surface area (Å²) in [5, 5.41) is 3.77. The summed E-state index contributed by atoms with van der Waals surface area (Å²) in [6, 6.07) is 6.56. The van der Waals surface area contributed by atoms with Crippen LogP contribution < -0.4 is 14.8 Å². The Bertz CT molecular complexity index is 494. The predicted molar refractivity (Wildman–Crippen MR) is 89.7 cm³/mol. The maximum atomic E-state index is 6.52. The van der Waals surface area contributed by atoms with Gasteiger partial charge in [-0.1, -0.05) is 25.8 Å². The zero-order chi connectivity index (χ0) is 15.4. The molecule has 3 heteroatoms. The highest BCUT2D eigenvalue weighted by Gasteiger charge is 2.42. The summed E-state index contributed by atoms with van der Waals surface area (Å²) in [4.78, 5) is 0. The number of hydrogen-bond donors (Lipinski definition) is 1. The van der Waals surface area contributed by atoms with Gasteiger partial charge in [0.1, 0.15) is 17.1 Å². The average Bonchev–Trinajstić information content (AvgIpc) is 2.55. The Morgan fingerprint density at radius 1 is 1.27 bits per heavy atom. The van der Waals surface area contributed by atoms with Gasteiger partial charge in [0.25, 0.3) is 0 Å². The SMILES string of the molecule is CCCCNC1CC2(CCCCC2)Oc2cccc(OC)c21. The minimum absolute atomic E-state index is 0.0432. The van der Waals surface area contributed by atoms with Crippen LogP contribution in [0.2, 0.25) is 0 Å².